The lowest BCUT2D eigenvalue weighted by atomic mass is 9.81. The Morgan fingerprint density at radius 3 is 2.16 bits per heavy atom. The van der Waals surface area contributed by atoms with Crippen LogP contribution < -0.4 is 10.1 Å². The highest BCUT2D eigenvalue weighted by atomic mass is 16.5. The van der Waals surface area contributed by atoms with Crippen LogP contribution >= 0.6 is 0 Å². The van der Waals surface area contributed by atoms with E-state index in [0.29, 0.717) is 38.8 Å². The highest BCUT2D eigenvalue weighted by Gasteiger charge is 2.29. The zero-order chi connectivity index (χ0) is 18.4. The van der Waals surface area contributed by atoms with E-state index in [1.54, 1.807) is 0 Å². The fourth-order valence-electron chi connectivity index (χ4n) is 3.14. The number of nitrogens with one attached hydrogen (secondary N) is 1. The summed E-state index contributed by atoms with van der Waals surface area (Å²) in [6, 6.07) is 8.04. The molecule has 0 aromatic heterocycles. The van der Waals surface area contributed by atoms with Gasteiger partial charge in [-0.25, -0.2) is 0 Å². The van der Waals surface area contributed by atoms with E-state index >= 15 is 0 Å². The van der Waals surface area contributed by atoms with Crippen molar-refractivity contribution in [1.82, 2.24) is 5.32 Å². The van der Waals surface area contributed by atoms with Gasteiger partial charge in [0.05, 0.1) is 12.5 Å². The smallest absolute Gasteiger partial charge is 0.306 e. The first kappa shape index (κ1) is 19.3. The lowest BCUT2D eigenvalue weighted by molar-refractivity contribution is -0.144. The van der Waals surface area contributed by atoms with Gasteiger partial charge in [-0.1, -0.05) is 32.9 Å². The predicted octanol–water partition coefficient (Wildman–Crippen LogP) is 3.37. The van der Waals surface area contributed by atoms with Crippen LogP contribution in [0.15, 0.2) is 24.3 Å². The van der Waals surface area contributed by atoms with Gasteiger partial charge in [-0.2, -0.15) is 0 Å². The van der Waals surface area contributed by atoms with Crippen LogP contribution in [0.3, 0.4) is 0 Å². The first-order valence-electron chi connectivity index (χ1n) is 9.01. The predicted molar refractivity (Wildman–Crippen MR) is 96.7 cm³/mol. The minimum atomic E-state index is -0.746. The molecule has 1 fully saturated rings. The molecule has 0 atom stereocenters. The second kappa shape index (κ2) is 8.37. The summed E-state index contributed by atoms with van der Waals surface area (Å²) in [6.07, 6.45) is 2.48. The van der Waals surface area contributed by atoms with Gasteiger partial charge in [0.2, 0.25) is 5.91 Å². The monoisotopic (exact) mass is 347 g/mol. The quantitative estimate of drug-likeness (QED) is 0.774. The van der Waals surface area contributed by atoms with Crippen LogP contribution in [0.5, 0.6) is 5.75 Å². The molecule has 0 saturated heterocycles. The molecular weight excluding hydrogens is 318 g/mol. The number of ether oxygens (including phenoxy) is 1. The molecule has 0 spiro atoms. The second-order valence-electron chi connectivity index (χ2n) is 7.80. The maximum atomic E-state index is 12.1. The van der Waals surface area contributed by atoms with Crippen LogP contribution in [-0.2, 0) is 15.0 Å². The molecule has 0 radical (unpaired) electrons. The van der Waals surface area contributed by atoms with Gasteiger partial charge in [-0.15, -0.1) is 0 Å². The average molecular weight is 347 g/mol. The van der Waals surface area contributed by atoms with E-state index in [1.165, 1.54) is 5.56 Å². The summed E-state index contributed by atoms with van der Waals surface area (Å²) in [6.45, 7) is 7.39. The van der Waals surface area contributed by atoms with E-state index in [9.17, 15) is 9.59 Å². The minimum absolute atomic E-state index is 0.00974. The maximum Gasteiger partial charge on any atom is 0.306 e. The zero-order valence-corrected chi connectivity index (χ0v) is 15.4. The minimum Gasteiger partial charge on any atom is -0.492 e. The molecule has 1 aromatic carbocycles. The fourth-order valence-corrected chi connectivity index (χ4v) is 3.14. The van der Waals surface area contributed by atoms with Gasteiger partial charge in [-0.3, -0.25) is 9.59 Å². The first-order chi connectivity index (χ1) is 11.8. The highest BCUT2D eigenvalue weighted by Crippen LogP contribution is 2.29. The number of carbonyl (C=O) groups is 2. The molecular formula is C20H29NO4. The summed E-state index contributed by atoms with van der Waals surface area (Å²) in [5.41, 5.74) is 1.37. The normalized spacial score (nSPS) is 20.8. The molecule has 1 aliphatic carbocycles. The Kier molecular flexibility index (Phi) is 6.45. The molecule has 1 saturated carbocycles. The van der Waals surface area contributed by atoms with E-state index < -0.39 is 5.97 Å². The molecule has 0 heterocycles. The molecule has 25 heavy (non-hydrogen) atoms. The van der Waals surface area contributed by atoms with Crippen molar-refractivity contribution in [3.8, 4) is 5.75 Å². The number of hydrogen-bond donors (Lipinski definition) is 2. The summed E-state index contributed by atoms with van der Waals surface area (Å²) >= 11 is 0. The van der Waals surface area contributed by atoms with Crippen LogP contribution in [0, 0.1) is 11.8 Å². The summed E-state index contributed by atoms with van der Waals surface area (Å²) in [5.74, 6) is -0.297. The Morgan fingerprint density at radius 1 is 1.08 bits per heavy atom. The third-order valence-electron chi connectivity index (χ3n) is 4.84. The van der Waals surface area contributed by atoms with Crippen molar-refractivity contribution in [2.75, 3.05) is 13.2 Å². The van der Waals surface area contributed by atoms with Gasteiger partial charge in [0.1, 0.15) is 12.4 Å². The molecule has 1 aromatic rings. The van der Waals surface area contributed by atoms with Gasteiger partial charge in [0.25, 0.3) is 0 Å². The number of benzene rings is 1. The summed E-state index contributed by atoms with van der Waals surface area (Å²) < 4.78 is 5.67. The number of carbonyl (C=O) groups excluding carboxylic acids is 1. The molecule has 1 aliphatic rings. The zero-order valence-electron chi connectivity index (χ0n) is 15.4. The van der Waals surface area contributed by atoms with Crippen molar-refractivity contribution < 1.29 is 19.4 Å². The van der Waals surface area contributed by atoms with Crippen molar-refractivity contribution in [2.24, 2.45) is 11.8 Å². The fraction of sp³-hybridized carbons (Fsp3) is 0.600. The van der Waals surface area contributed by atoms with Crippen LogP contribution in [0.1, 0.15) is 52.0 Å². The average Bonchev–Trinajstić information content (AvgIpc) is 2.58. The van der Waals surface area contributed by atoms with Gasteiger partial charge in [0.15, 0.2) is 0 Å². The topological polar surface area (TPSA) is 75.6 Å². The van der Waals surface area contributed by atoms with Gasteiger partial charge < -0.3 is 15.2 Å². The van der Waals surface area contributed by atoms with Crippen molar-refractivity contribution in [2.45, 2.75) is 51.9 Å². The Morgan fingerprint density at radius 2 is 1.64 bits per heavy atom. The Hall–Kier alpha value is -2.04. The van der Waals surface area contributed by atoms with Crippen LogP contribution in [0.4, 0.5) is 0 Å². The Labute approximate surface area is 149 Å². The van der Waals surface area contributed by atoms with Crippen molar-refractivity contribution in [3.05, 3.63) is 29.8 Å². The molecule has 0 aliphatic heterocycles. The van der Waals surface area contributed by atoms with E-state index in [4.69, 9.17) is 9.84 Å². The number of amides is 1. The molecule has 2 N–H and O–H groups in total. The third kappa shape index (κ3) is 5.76. The van der Waals surface area contributed by atoms with E-state index in [0.717, 1.165) is 5.75 Å². The van der Waals surface area contributed by atoms with E-state index in [2.05, 4.69) is 38.2 Å². The first-order valence-corrected chi connectivity index (χ1v) is 9.01. The third-order valence-corrected chi connectivity index (χ3v) is 4.84. The molecule has 1 amide bonds. The van der Waals surface area contributed by atoms with Gasteiger partial charge >= 0.3 is 5.97 Å². The van der Waals surface area contributed by atoms with Crippen LogP contribution in [-0.4, -0.2) is 30.1 Å². The SMILES string of the molecule is CC(C)(C)c1ccc(OCCNC(=O)C2CCC(C(=O)O)CC2)cc1. The number of hydrogen-bond acceptors (Lipinski definition) is 3. The number of carboxylic acids is 1. The molecule has 5 heteroatoms. The number of rotatable bonds is 6. The van der Waals surface area contributed by atoms with Crippen LogP contribution in [0.2, 0.25) is 0 Å². The highest BCUT2D eigenvalue weighted by molar-refractivity contribution is 5.79. The second-order valence-corrected chi connectivity index (χ2v) is 7.80. The summed E-state index contributed by atoms with van der Waals surface area (Å²) in [4.78, 5) is 23.1. The molecule has 5 nitrogen and oxygen atoms in total. The van der Waals surface area contributed by atoms with Gasteiger partial charge in [-0.05, 0) is 48.8 Å². The standard InChI is InChI=1S/C20H29NO4/c1-20(2,3)16-8-10-17(11-9-16)25-13-12-21-18(22)14-4-6-15(7-5-14)19(23)24/h8-11,14-15H,4-7,12-13H2,1-3H3,(H,21,22)(H,23,24). The number of aliphatic carboxylic acids is 1. The lowest BCUT2D eigenvalue weighted by Crippen LogP contribution is -2.36. The maximum absolute atomic E-state index is 12.1. The molecule has 2 rings (SSSR count). The Balaban J connectivity index is 1.67. The lowest BCUT2D eigenvalue weighted by Gasteiger charge is -2.25. The Bertz CT molecular complexity index is 581. The van der Waals surface area contributed by atoms with Gasteiger partial charge in [0, 0.05) is 5.92 Å². The summed E-state index contributed by atoms with van der Waals surface area (Å²) in [7, 11) is 0. The van der Waals surface area contributed by atoms with Crippen molar-refractivity contribution in [1.29, 1.82) is 0 Å². The van der Waals surface area contributed by atoms with E-state index in [-0.39, 0.29) is 23.2 Å². The van der Waals surface area contributed by atoms with Crippen LogP contribution in [0.25, 0.3) is 0 Å². The van der Waals surface area contributed by atoms with Crippen molar-refractivity contribution in [3.63, 3.8) is 0 Å². The molecule has 0 unspecified atom stereocenters. The van der Waals surface area contributed by atoms with E-state index in [1.807, 2.05) is 12.1 Å². The van der Waals surface area contributed by atoms with Crippen molar-refractivity contribution >= 4 is 11.9 Å². The number of carboxylic acid groups (broad SMARTS) is 1. The molecule has 138 valence electrons. The summed E-state index contributed by atoms with van der Waals surface area (Å²) in [5, 5.41) is 11.9. The largest absolute Gasteiger partial charge is 0.492 e. The molecule has 0 bridgehead atoms.